The van der Waals surface area contributed by atoms with Crippen molar-refractivity contribution in [3.8, 4) is 0 Å². The summed E-state index contributed by atoms with van der Waals surface area (Å²) < 4.78 is 23.3. The molecule has 0 saturated carbocycles. The highest BCUT2D eigenvalue weighted by atomic mass is 32.2. The number of hydrogen-bond donors (Lipinski definition) is 2. The molecule has 0 heterocycles. The monoisotopic (exact) mass is 619 g/mol. The molecule has 42 heavy (non-hydrogen) atoms. The van der Waals surface area contributed by atoms with Crippen LogP contribution in [0.2, 0.25) is 0 Å². The minimum absolute atomic E-state index is 0.330. The average molecular weight is 619 g/mol. The summed E-state index contributed by atoms with van der Waals surface area (Å²) in [6.45, 7) is 6.01. The van der Waals surface area contributed by atoms with Gasteiger partial charge in [-0.2, -0.15) is 0 Å². The molecule has 0 saturated heterocycles. The van der Waals surface area contributed by atoms with Crippen LogP contribution in [0, 0.1) is 0 Å². The molecule has 0 fully saturated rings. The highest BCUT2D eigenvalue weighted by Crippen LogP contribution is 2.14. The van der Waals surface area contributed by atoms with Gasteiger partial charge in [0.25, 0.3) is 0 Å². The molecule has 0 bridgehead atoms. The molecule has 2 N–H and O–H groups in total. The largest absolute Gasteiger partial charge is 0.391 e. The smallest absolute Gasteiger partial charge is 0.0773 e. The first kappa shape index (κ1) is 42.0. The van der Waals surface area contributed by atoms with E-state index in [1.54, 1.807) is 0 Å². The molecule has 0 rings (SSSR count). The Hall–Kier alpha value is -0.0100. The maximum Gasteiger partial charge on any atom is 0.0773 e. The van der Waals surface area contributed by atoms with Crippen LogP contribution in [0.1, 0.15) is 181 Å². The Morgan fingerprint density at radius 2 is 0.714 bits per heavy atom. The van der Waals surface area contributed by atoms with Gasteiger partial charge in [0.15, 0.2) is 0 Å². The van der Waals surface area contributed by atoms with Crippen LogP contribution in [0.3, 0.4) is 0 Å². The molecule has 0 aromatic heterocycles. The van der Waals surface area contributed by atoms with Crippen molar-refractivity contribution in [1.82, 2.24) is 0 Å². The molecule has 2 atom stereocenters. The summed E-state index contributed by atoms with van der Waals surface area (Å²) in [4.78, 5) is 0. The van der Waals surface area contributed by atoms with E-state index in [4.69, 9.17) is 9.47 Å². The van der Waals surface area contributed by atoms with E-state index >= 15 is 0 Å². The molecule has 5 nitrogen and oxygen atoms in total. The normalized spacial score (nSPS) is 13.9. The number of aliphatic hydroxyl groups is 2. The second-order valence-electron chi connectivity index (χ2n) is 12.7. The van der Waals surface area contributed by atoms with Crippen LogP contribution < -0.4 is 0 Å². The number of aliphatic hydroxyl groups excluding tert-OH is 2. The summed E-state index contributed by atoms with van der Waals surface area (Å²) in [6.07, 6.45) is 32.4. The maximum atomic E-state index is 12.2. The summed E-state index contributed by atoms with van der Waals surface area (Å²) in [6, 6.07) is 0. The van der Waals surface area contributed by atoms with Gasteiger partial charge >= 0.3 is 0 Å². The second-order valence-corrected chi connectivity index (χ2v) is 14.4. The molecule has 254 valence electrons. The van der Waals surface area contributed by atoms with Crippen molar-refractivity contribution in [2.45, 2.75) is 193 Å². The lowest BCUT2D eigenvalue weighted by Gasteiger charge is -2.12. The van der Waals surface area contributed by atoms with E-state index in [2.05, 4.69) is 13.8 Å². The molecule has 0 aliphatic heterocycles. The summed E-state index contributed by atoms with van der Waals surface area (Å²) in [7, 11) is -0.992. The van der Waals surface area contributed by atoms with Crippen molar-refractivity contribution in [2.24, 2.45) is 0 Å². The van der Waals surface area contributed by atoms with Gasteiger partial charge in [0.1, 0.15) is 0 Å². The molecule has 6 heteroatoms. The standard InChI is InChI=1S/C36H74O5S/c1-3-5-7-9-11-13-15-17-19-21-23-25-27-35(37)33-40-29-31-42(39)32-30-41-34-36(38)28-26-24-22-20-18-16-14-12-10-8-6-4-2/h35-38H,3-34H2,1-2H3. The second kappa shape index (κ2) is 35.5. The highest BCUT2D eigenvalue weighted by molar-refractivity contribution is 7.85. The Balaban J connectivity index is 3.36. The fraction of sp³-hybridized carbons (Fsp3) is 1.00. The molecule has 0 spiro atoms. The van der Waals surface area contributed by atoms with Crippen LogP contribution in [0.4, 0.5) is 0 Å². The maximum absolute atomic E-state index is 12.2. The Morgan fingerprint density at radius 1 is 0.452 bits per heavy atom. The lowest BCUT2D eigenvalue weighted by Crippen LogP contribution is -2.20. The third kappa shape index (κ3) is 34.5. The van der Waals surface area contributed by atoms with Crippen molar-refractivity contribution in [3.05, 3.63) is 0 Å². The van der Waals surface area contributed by atoms with E-state index in [1.165, 1.54) is 141 Å². The number of rotatable bonds is 36. The molecule has 0 amide bonds. The Kier molecular flexibility index (Phi) is 35.5. The van der Waals surface area contributed by atoms with E-state index in [0.29, 0.717) is 37.9 Å². The lowest BCUT2D eigenvalue weighted by atomic mass is 10.0. The molecule has 2 unspecified atom stereocenters. The Morgan fingerprint density at radius 3 is 1.00 bits per heavy atom. The van der Waals surface area contributed by atoms with Gasteiger partial charge in [-0.3, -0.25) is 4.21 Å². The average Bonchev–Trinajstić information content (AvgIpc) is 2.98. The summed E-state index contributed by atoms with van der Waals surface area (Å²) in [5.41, 5.74) is 0. The highest BCUT2D eigenvalue weighted by Gasteiger charge is 2.07. The van der Waals surface area contributed by atoms with Gasteiger partial charge in [0.05, 0.1) is 38.6 Å². The SMILES string of the molecule is CCCCCCCCCCCCCCC(O)COCCS(=O)CCOCC(O)CCCCCCCCCCCCCC. The van der Waals surface area contributed by atoms with Gasteiger partial charge in [0.2, 0.25) is 0 Å². The van der Waals surface area contributed by atoms with E-state index < -0.39 is 23.0 Å². The zero-order valence-corrected chi connectivity index (χ0v) is 29.1. The van der Waals surface area contributed by atoms with Crippen LogP contribution >= 0.6 is 0 Å². The first-order valence-corrected chi connectivity index (χ1v) is 20.0. The minimum atomic E-state index is -0.992. The van der Waals surface area contributed by atoms with E-state index in [1.807, 2.05) is 0 Å². The van der Waals surface area contributed by atoms with Crippen molar-refractivity contribution < 1.29 is 23.9 Å². The zero-order chi connectivity index (χ0) is 30.8. The minimum Gasteiger partial charge on any atom is -0.391 e. The quantitative estimate of drug-likeness (QED) is 0.0684. The molecule has 0 aliphatic carbocycles. The first-order valence-electron chi connectivity index (χ1n) is 18.5. The van der Waals surface area contributed by atoms with E-state index in [9.17, 15) is 14.4 Å². The van der Waals surface area contributed by atoms with Crippen LogP contribution in [-0.4, -0.2) is 64.6 Å². The third-order valence-corrected chi connectivity index (χ3v) is 9.56. The van der Waals surface area contributed by atoms with Gasteiger partial charge < -0.3 is 19.7 Å². The summed E-state index contributed by atoms with van der Waals surface area (Å²) >= 11 is 0. The molecular weight excluding hydrogens is 544 g/mol. The van der Waals surface area contributed by atoms with Crippen molar-refractivity contribution >= 4 is 10.8 Å². The van der Waals surface area contributed by atoms with Gasteiger partial charge in [-0.1, -0.05) is 168 Å². The predicted molar refractivity (Wildman–Crippen MR) is 183 cm³/mol. The van der Waals surface area contributed by atoms with Crippen LogP contribution in [-0.2, 0) is 20.3 Å². The Bertz CT molecular complexity index is 489. The number of hydrogen-bond acceptors (Lipinski definition) is 5. The molecule has 0 aromatic carbocycles. The zero-order valence-electron chi connectivity index (χ0n) is 28.3. The van der Waals surface area contributed by atoms with E-state index in [0.717, 1.165) is 25.7 Å². The van der Waals surface area contributed by atoms with Crippen LogP contribution in [0.15, 0.2) is 0 Å². The van der Waals surface area contributed by atoms with Gasteiger partial charge in [-0.05, 0) is 12.8 Å². The predicted octanol–water partition coefficient (Wildman–Crippen LogP) is 9.67. The van der Waals surface area contributed by atoms with Gasteiger partial charge in [-0.25, -0.2) is 0 Å². The van der Waals surface area contributed by atoms with Crippen LogP contribution in [0.25, 0.3) is 0 Å². The number of unbranched alkanes of at least 4 members (excludes halogenated alkanes) is 22. The van der Waals surface area contributed by atoms with Crippen LogP contribution in [0.5, 0.6) is 0 Å². The fourth-order valence-electron chi connectivity index (χ4n) is 5.45. The van der Waals surface area contributed by atoms with Crippen molar-refractivity contribution in [3.63, 3.8) is 0 Å². The van der Waals surface area contributed by atoms with Crippen molar-refractivity contribution in [2.75, 3.05) is 37.9 Å². The lowest BCUT2D eigenvalue weighted by molar-refractivity contribution is 0.0363. The summed E-state index contributed by atoms with van der Waals surface area (Å²) in [5.74, 6) is 0.937. The molecule has 0 aromatic rings. The third-order valence-electron chi connectivity index (χ3n) is 8.31. The molecule has 0 radical (unpaired) electrons. The van der Waals surface area contributed by atoms with Gasteiger partial charge in [0, 0.05) is 22.3 Å². The molecular formula is C36H74O5S. The van der Waals surface area contributed by atoms with Crippen molar-refractivity contribution in [1.29, 1.82) is 0 Å². The van der Waals surface area contributed by atoms with Gasteiger partial charge in [-0.15, -0.1) is 0 Å². The fourth-order valence-corrected chi connectivity index (χ4v) is 6.26. The topological polar surface area (TPSA) is 76.0 Å². The Labute approximate surface area is 265 Å². The molecule has 0 aliphatic rings. The number of ether oxygens (including phenoxy) is 2. The first-order chi connectivity index (χ1) is 20.6. The van der Waals surface area contributed by atoms with E-state index in [-0.39, 0.29) is 0 Å². The summed E-state index contributed by atoms with van der Waals surface area (Å²) in [5, 5.41) is 20.2.